The monoisotopic (exact) mass is 234 g/mol. The largest absolute Gasteiger partial charge is 0.322 e. The minimum Gasteiger partial charge on any atom is -0.322 e. The highest BCUT2D eigenvalue weighted by atomic mass is 15.1. The quantitative estimate of drug-likeness (QED) is 0.844. The average Bonchev–Trinajstić information content (AvgIpc) is 2.28. The molecule has 0 aliphatic carbocycles. The third-order valence-corrected chi connectivity index (χ3v) is 3.34. The van der Waals surface area contributed by atoms with E-state index in [9.17, 15) is 0 Å². The molecule has 1 aliphatic heterocycles. The summed E-state index contributed by atoms with van der Waals surface area (Å²) in [6.07, 6.45) is 2.47. The van der Waals surface area contributed by atoms with Crippen molar-refractivity contribution in [1.82, 2.24) is 14.9 Å². The molecule has 1 saturated heterocycles. The molecule has 0 spiro atoms. The Balaban J connectivity index is 2.25. The van der Waals surface area contributed by atoms with Gasteiger partial charge in [0.1, 0.15) is 5.82 Å². The maximum absolute atomic E-state index is 5.87. The molecule has 2 rings (SSSR count). The number of likely N-dealkylation sites (N-methyl/N-ethyl adjacent to an activating group) is 1. The van der Waals surface area contributed by atoms with Gasteiger partial charge in [-0.2, -0.15) is 0 Å². The fourth-order valence-electron chi connectivity index (χ4n) is 2.44. The first-order valence-electron chi connectivity index (χ1n) is 6.36. The minimum atomic E-state index is -0.0880. The molecule has 2 heterocycles. The van der Waals surface area contributed by atoms with Gasteiger partial charge in [-0.05, 0) is 46.3 Å². The van der Waals surface area contributed by atoms with E-state index < -0.39 is 0 Å². The van der Waals surface area contributed by atoms with Crippen LogP contribution >= 0.6 is 0 Å². The first kappa shape index (κ1) is 12.5. The molecule has 1 aromatic heterocycles. The summed E-state index contributed by atoms with van der Waals surface area (Å²) in [6.45, 7) is 6.24. The van der Waals surface area contributed by atoms with Crippen LogP contribution in [0.3, 0.4) is 0 Å². The van der Waals surface area contributed by atoms with Crippen LogP contribution in [-0.2, 0) is 0 Å². The lowest BCUT2D eigenvalue weighted by Crippen LogP contribution is -2.31. The lowest BCUT2D eigenvalue weighted by molar-refractivity contribution is 0.248. The van der Waals surface area contributed by atoms with E-state index in [-0.39, 0.29) is 6.04 Å². The fraction of sp³-hybridized carbons (Fsp3) is 0.692. The van der Waals surface area contributed by atoms with Crippen molar-refractivity contribution in [2.45, 2.75) is 38.6 Å². The third-order valence-electron chi connectivity index (χ3n) is 3.34. The predicted octanol–water partition coefficient (Wildman–Crippen LogP) is 1.61. The molecule has 0 amide bonds. The SMILES string of the molecule is Cc1cc(C2CCCN(C)C2)nc(C(C)N)n1. The van der Waals surface area contributed by atoms with E-state index in [2.05, 4.69) is 28.0 Å². The van der Waals surface area contributed by atoms with Gasteiger partial charge in [0.05, 0.1) is 6.04 Å². The molecule has 0 bridgehead atoms. The van der Waals surface area contributed by atoms with Crippen LogP contribution in [0.25, 0.3) is 0 Å². The second kappa shape index (κ2) is 5.10. The number of likely N-dealkylation sites (tertiary alicyclic amines) is 1. The van der Waals surface area contributed by atoms with Gasteiger partial charge in [0.15, 0.2) is 0 Å². The highest BCUT2D eigenvalue weighted by Crippen LogP contribution is 2.25. The predicted molar refractivity (Wildman–Crippen MR) is 68.8 cm³/mol. The van der Waals surface area contributed by atoms with Gasteiger partial charge in [-0.25, -0.2) is 9.97 Å². The zero-order chi connectivity index (χ0) is 12.4. The van der Waals surface area contributed by atoms with Crippen molar-refractivity contribution in [2.75, 3.05) is 20.1 Å². The van der Waals surface area contributed by atoms with Gasteiger partial charge < -0.3 is 10.6 Å². The van der Waals surface area contributed by atoms with Gasteiger partial charge in [0, 0.05) is 23.9 Å². The molecule has 4 heteroatoms. The Labute approximate surface area is 103 Å². The number of nitrogens with two attached hydrogens (primary N) is 1. The number of hydrogen-bond acceptors (Lipinski definition) is 4. The molecule has 0 saturated carbocycles. The second-order valence-electron chi connectivity index (χ2n) is 5.18. The Morgan fingerprint density at radius 1 is 1.47 bits per heavy atom. The van der Waals surface area contributed by atoms with E-state index >= 15 is 0 Å². The van der Waals surface area contributed by atoms with Crippen molar-refractivity contribution in [3.05, 3.63) is 23.3 Å². The van der Waals surface area contributed by atoms with E-state index in [1.807, 2.05) is 13.8 Å². The van der Waals surface area contributed by atoms with Crippen molar-refractivity contribution in [3.8, 4) is 0 Å². The average molecular weight is 234 g/mol. The van der Waals surface area contributed by atoms with E-state index in [0.29, 0.717) is 5.92 Å². The van der Waals surface area contributed by atoms with Crippen LogP contribution in [0, 0.1) is 6.92 Å². The number of aromatic nitrogens is 2. The molecule has 2 unspecified atom stereocenters. The van der Waals surface area contributed by atoms with Crippen LogP contribution < -0.4 is 5.73 Å². The smallest absolute Gasteiger partial charge is 0.145 e. The zero-order valence-corrected chi connectivity index (χ0v) is 11.0. The lowest BCUT2D eigenvalue weighted by Gasteiger charge is -2.29. The van der Waals surface area contributed by atoms with Gasteiger partial charge in [-0.15, -0.1) is 0 Å². The van der Waals surface area contributed by atoms with Crippen molar-refractivity contribution in [2.24, 2.45) is 5.73 Å². The van der Waals surface area contributed by atoms with E-state index in [1.165, 1.54) is 19.4 Å². The molecular weight excluding hydrogens is 212 g/mol. The Kier molecular flexibility index (Phi) is 3.74. The van der Waals surface area contributed by atoms with Crippen molar-refractivity contribution in [1.29, 1.82) is 0 Å². The van der Waals surface area contributed by atoms with Crippen molar-refractivity contribution < 1.29 is 0 Å². The summed E-state index contributed by atoms with van der Waals surface area (Å²) in [5, 5.41) is 0. The first-order chi connectivity index (χ1) is 8.06. The third kappa shape index (κ3) is 3.01. The summed E-state index contributed by atoms with van der Waals surface area (Å²) >= 11 is 0. The lowest BCUT2D eigenvalue weighted by atomic mass is 9.94. The molecule has 0 aromatic carbocycles. The summed E-state index contributed by atoms with van der Waals surface area (Å²) in [6, 6.07) is 2.02. The fourth-order valence-corrected chi connectivity index (χ4v) is 2.44. The summed E-state index contributed by atoms with van der Waals surface area (Å²) < 4.78 is 0. The summed E-state index contributed by atoms with van der Waals surface area (Å²) in [5.41, 5.74) is 8.06. The van der Waals surface area contributed by atoms with E-state index in [1.54, 1.807) is 0 Å². The standard InChI is InChI=1S/C13H22N4/c1-9-7-12(16-13(15-9)10(2)14)11-5-4-6-17(3)8-11/h7,10-11H,4-6,8,14H2,1-3H3. The number of hydrogen-bond donors (Lipinski definition) is 1. The molecule has 4 nitrogen and oxygen atoms in total. The van der Waals surface area contributed by atoms with Gasteiger partial charge in [0.2, 0.25) is 0 Å². The molecule has 2 N–H and O–H groups in total. The molecule has 2 atom stereocenters. The Hall–Kier alpha value is -1.00. The maximum Gasteiger partial charge on any atom is 0.145 e. The second-order valence-corrected chi connectivity index (χ2v) is 5.18. The number of piperidine rings is 1. The first-order valence-corrected chi connectivity index (χ1v) is 6.36. The molecular formula is C13H22N4. The molecule has 94 valence electrons. The van der Waals surface area contributed by atoms with Crippen LogP contribution in [-0.4, -0.2) is 35.0 Å². The molecule has 1 aromatic rings. The molecule has 1 aliphatic rings. The summed E-state index contributed by atoms with van der Waals surface area (Å²) in [7, 11) is 2.17. The van der Waals surface area contributed by atoms with Gasteiger partial charge in [0.25, 0.3) is 0 Å². The normalized spacial score (nSPS) is 23.6. The number of nitrogens with zero attached hydrogens (tertiary/aromatic N) is 3. The zero-order valence-electron chi connectivity index (χ0n) is 11.0. The summed E-state index contributed by atoms with van der Waals surface area (Å²) in [5.74, 6) is 1.31. The van der Waals surface area contributed by atoms with Crippen LogP contribution in [0.1, 0.15) is 48.9 Å². The Morgan fingerprint density at radius 2 is 2.24 bits per heavy atom. The minimum absolute atomic E-state index is 0.0880. The van der Waals surface area contributed by atoms with Gasteiger partial charge in [-0.1, -0.05) is 0 Å². The number of rotatable bonds is 2. The van der Waals surface area contributed by atoms with Crippen LogP contribution in [0.15, 0.2) is 6.07 Å². The van der Waals surface area contributed by atoms with E-state index in [4.69, 9.17) is 5.73 Å². The van der Waals surface area contributed by atoms with Gasteiger partial charge >= 0.3 is 0 Å². The topological polar surface area (TPSA) is 55.0 Å². The highest BCUT2D eigenvalue weighted by molar-refractivity contribution is 5.16. The van der Waals surface area contributed by atoms with Crippen molar-refractivity contribution >= 4 is 0 Å². The number of aryl methyl sites for hydroxylation is 1. The molecule has 1 fully saturated rings. The Bertz CT molecular complexity index is 389. The van der Waals surface area contributed by atoms with Crippen LogP contribution in [0.2, 0.25) is 0 Å². The van der Waals surface area contributed by atoms with E-state index in [0.717, 1.165) is 23.8 Å². The molecule has 0 radical (unpaired) electrons. The molecule has 17 heavy (non-hydrogen) atoms. The highest BCUT2D eigenvalue weighted by Gasteiger charge is 2.21. The summed E-state index contributed by atoms with van der Waals surface area (Å²) in [4.78, 5) is 11.4. The Morgan fingerprint density at radius 3 is 2.88 bits per heavy atom. The van der Waals surface area contributed by atoms with Crippen LogP contribution in [0.4, 0.5) is 0 Å². The maximum atomic E-state index is 5.87. The van der Waals surface area contributed by atoms with Crippen LogP contribution in [0.5, 0.6) is 0 Å². The van der Waals surface area contributed by atoms with Gasteiger partial charge in [-0.3, -0.25) is 0 Å². The van der Waals surface area contributed by atoms with Crippen molar-refractivity contribution in [3.63, 3.8) is 0 Å².